The second kappa shape index (κ2) is 6.45. The lowest BCUT2D eigenvalue weighted by Crippen LogP contribution is -2.67. The minimum atomic E-state index is -7.56. The van der Waals surface area contributed by atoms with Crippen LogP contribution < -0.4 is 0 Å². The number of alkyl halides is 11. The first-order valence-electron chi connectivity index (χ1n) is 6.77. The van der Waals surface area contributed by atoms with E-state index in [0.717, 1.165) is 18.2 Å². The molecule has 0 spiro atoms. The zero-order chi connectivity index (χ0) is 21.7. The zero-order valence-corrected chi connectivity index (χ0v) is 13.0. The van der Waals surface area contributed by atoms with E-state index in [2.05, 4.69) is 0 Å². The van der Waals surface area contributed by atoms with E-state index in [4.69, 9.17) is 0 Å². The number of halogens is 12. The number of rotatable bonds is 6. The van der Waals surface area contributed by atoms with E-state index in [1.807, 2.05) is 0 Å². The molecule has 0 bridgehead atoms. The van der Waals surface area contributed by atoms with E-state index in [-0.39, 0.29) is 0 Å². The molecule has 0 aliphatic carbocycles. The Morgan fingerprint density at radius 1 is 0.778 bits per heavy atom. The number of hydrogen-bond donors (Lipinski definition) is 1. The molecule has 1 N–H and O–H groups in total. The lowest BCUT2D eigenvalue weighted by molar-refractivity contribution is -0.424. The van der Waals surface area contributed by atoms with Crippen molar-refractivity contribution in [3.63, 3.8) is 0 Å². The molecule has 1 aromatic carbocycles. The lowest BCUT2D eigenvalue weighted by atomic mass is 9.85. The van der Waals surface area contributed by atoms with Crippen LogP contribution >= 0.6 is 0 Å². The molecule has 1 unspecified atom stereocenters. The molecular weight excluding hydrogens is 412 g/mol. The third kappa shape index (κ3) is 3.83. The summed E-state index contributed by atoms with van der Waals surface area (Å²) in [4.78, 5) is 0. The Bertz CT molecular complexity index is 677. The van der Waals surface area contributed by atoms with Gasteiger partial charge in [0.15, 0.2) is 0 Å². The van der Waals surface area contributed by atoms with Gasteiger partial charge in [-0.25, -0.2) is 4.39 Å². The first-order chi connectivity index (χ1) is 11.7. The highest BCUT2D eigenvalue weighted by Crippen LogP contribution is 2.58. The van der Waals surface area contributed by atoms with Crippen molar-refractivity contribution in [2.24, 2.45) is 0 Å². The van der Waals surface area contributed by atoms with Crippen LogP contribution in [-0.4, -0.2) is 35.0 Å². The summed E-state index contributed by atoms with van der Waals surface area (Å²) in [5, 5.41) is 9.80. The number of benzene rings is 1. The van der Waals surface area contributed by atoms with Crippen LogP contribution in [0.4, 0.5) is 52.7 Å². The van der Waals surface area contributed by atoms with Crippen LogP contribution in [0.3, 0.4) is 0 Å². The highest BCUT2D eigenvalue weighted by Gasteiger charge is 2.87. The van der Waals surface area contributed by atoms with Gasteiger partial charge in [-0.1, -0.05) is 12.1 Å². The van der Waals surface area contributed by atoms with Gasteiger partial charge in [0, 0.05) is 0 Å². The molecule has 0 aliphatic heterocycles. The van der Waals surface area contributed by atoms with Crippen LogP contribution in [-0.2, 0) is 5.60 Å². The van der Waals surface area contributed by atoms with Gasteiger partial charge in [0.1, 0.15) is 5.82 Å². The third-order valence-corrected chi connectivity index (χ3v) is 3.62. The van der Waals surface area contributed by atoms with E-state index >= 15 is 0 Å². The molecule has 27 heavy (non-hydrogen) atoms. The molecular formula is C14H10F12O. The summed E-state index contributed by atoms with van der Waals surface area (Å²) >= 11 is 0. The van der Waals surface area contributed by atoms with Gasteiger partial charge in [-0.2, -0.15) is 48.3 Å². The van der Waals surface area contributed by atoms with Gasteiger partial charge in [-0.15, -0.1) is 0 Å². The van der Waals surface area contributed by atoms with Crippen LogP contribution in [0.15, 0.2) is 24.3 Å². The fourth-order valence-electron chi connectivity index (χ4n) is 2.07. The van der Waals surface area contributed by atoms with Crippen molar-refractivity contribution in [2.45, 2.75) is 48.8 Å². The van der Waals surface area contributed by atoms with Crippen LogP contribution in [0.1, 0.15) is 18.9 Å². The standard InChI is InChI=1S/C14H10F12O/c1-9(27,7-3-2-4-8(15)5-7)6-10(16,17)11(18,19)12(20,21)13(22,23)14(24,25)26/h2-5,27H,6H2,1H3. The maximum Gasteiger partial charge on any atom is 0.460 e. The van der Waals surface area contributed by atoms with Crippen molar-refractivity contribution in [1.29, 1.82) is 0 Å². The highest BCUT2D eigenvalue weighted by molar-refractivity contribution is 5.23. The van der Waals surface area contributed by atoms with E-state index < -0.39 is 53.3 Å². The van der Waals surface area contributed by atoms with Crippen LogP contribution in [0.5, 0.6) is 0 Å². The second-order valence-electron chi connectivity index (χ2n) is 5.89. The quantitative estimate of drug-likeness (QED) is 0.599. The van der Waals surface area contributed by atoms with Crippen molar-refractivity contribution in [3.05, 3.63) is 35.6 Å². The Balaban J connectivity index is 3.35. The summed E-state index contributed by atoms with van der Waals surface area (Å²) in [6.45, 7) is 0.339. The summed E-state index contributed by atoms with van der Waals surface area (Å²) in [5.41, 5.74) is -4.01. The molecule has 1 aromatic rings. The summed E-state index contributed by atoms with van der Waals surface area (Å²) in [7, 11) is 0. The van der Waals surface area contributed by atoms with Gasteiger partial charge in [-0.3, -0.25) is 0 Å². The highest BCUT2D eigenvalue weighted by atomic mass is 19.4. The summed E-state index contributed by atoms with van der Waals surface area (Å²) in [6.07, 6.45) is -9.97. The van der Waals surface area contributed by atoms with Gasteiger partial charge in [0.25, 0.3) is 0 Å². The summed E-state index contributed by atoms with van der Waals surface area (Å²) in [6, 6.07) is 2.64. The first-order valence-corrected chi connectivity index (χ1v) is 6.77. The van der Waals surface area contributed by atoms with Crippen molar-refractivity contribution in [1.82, 2.24) is 0 Å². The minimum Gasteiger partial charge on any atom is -0.385 e. The molecule has 0 saturated carbocycles. The van der Waals surface area contributed by atoms with Gasteiger partial charge >= 0.3 is 29.9 Å². The van der Waals surface area contributed by atoms with Gasteiger partial charge in [0.2, 0.25) is 0 Å². The van der Waals surface area contributed by atoms with Crippen molar-refractivity contribution >= 4 is 0 Å². The smallest absolute Gasteiger partial charge is 0.385 e. The molecule has 0 radical (unpaired) electrons. The average Bonchev–Trinajstić information content (AvgIpc) is 2.44. The van der Waals surface area contributed by atoms with Crippen molar-refractivity contribution in [3.8, 4) is 0 Å². The topological polar surface area (TPSA) is 20.2 Å². The van der Waals surface area contributed by atoms with E-state index in [1.165, 1.54) is 0 Å². The number of hydrogen-bond acceptors (Lipinski definition) is 1. The van der Waals surface area contributed by atoms with Crippen LogP contribution in [0, 0.1) is 5.82 Å². The maximum absolute atomic E-state index is 13.7. The van der Waals surface area contributed by atoms with Gasteiger partial charge in [0.05, 0.1) is 12.0 Å². The van der Waals surface area contributed by atoms with E-state index in [9.17, 15) is 57.8 Å². The lowest BCUT2D eigenvalue weighted by Gasteiger charge is -2.39. The maximum atomic E-state index is 13.7. The minimum absolute atomic E-state index is 0.339. The zero-order valence-electron chi connectivity index (χ0n) is 13.0. The van der Waals surface area contributed by atoms with Crippen molar-refractivity contribution < 1.29 is 57.8 Å². The molecule has 0 aliphatic rings. The molecule has 0 saturated heterocycles. The molecule has 1 nitrogen and oxygen atoms in total. The molecule has 0 amide bonds. The predicted octanol–water partition coefficient (Wildman–Crippen LogP) is 5.53. The second-order valence-corrected chi connectivity index (χ2v) is 5.89. The largest absolute Gasteiger partial charge is 0.460 e. The van der Waals surface area contributed by atoms with Crippen LogP contribution in [0.2, 0.25) is 0 Å². The molecule has 156 valence electrons. The third-order valence-electron chi connectivity index (χ3n) is 3.62. The summed E-state index contributed by atoms with van der Waals surface area (Å²) in [5.74, 6) is -29.7. The van der Waals surface area contributed by atoms with Crippen molar-refractivity contribution in [2.75, 3.05) is 0 Å². The Morgan fingerprint density at radius 2 is 1.26 bits per heavy atom. The van der Waals surface area contributed by atoms with Gasteiger partial charge < -0.3 is 5.11 Å². The Morgan fingerprint density at radius 3 is 1.67 bits per heavy atom. The molecule has 1 rings (SSSR count). The molecule has 0 heterocycles. The van der Waals surface area contributed by atoms with Gasteiger partial charge in [-0.05, 0) is 24.6 Å². The normalized spacial score (nSPS) is 17.0. The predicted molar refractivity (Wildman–Crippen MR) is 66.4 cm³/mol. The monoisotopic (exact) mass is 422 g/mol. The average molecular weight is 422 g/mol. The molecule has 13 heteroatoms. The number of aliphatic hydroxyl groups is 1. The Hall–Kier alpha value is -1.66. The molecule has 0 aromatic heterocycles. The molecule has 0 fully saturated rings. The molecule has 1 atom stereocenters. The van der Waals surface area contributed by atoms with Crippen LogP contribution in [0.25, 0.3) is 0 Å². The SMILES string of the molecule is CC(O)(CC(F)(F)C(F)(F)C(F)(F)C(F)(F)C(F)(F)F)c1cccc(F)c1. The fraction of sp³-hybridized carbons (Fsp3) is 0.571. The van der Waals surface area contributed by atoms with E-state index in [0.29, 0.717) is 13.0 Å². The summed E-state index contributed by atoms with van der Waals surface area (Å²) < 4.78 is 155. The first kappa shape index (κ1) is 23.4. The fourth-order valence-corrected chi connectivity index (χ4v) is 2.07. The Kier molecular flexibility index (Phi) is 5.59. The Labute approximate surface area is 143 Å². The van der Waals surface area contributed by atoms with E-state index in [1.54, 1.807) is 0 Å².